The minimum Gasteiger partial charge on any atom is -0.496 e. The molecule has 0 amide bonds. The second-order valence-electron chi connectivity index (χ2n) is 7.82. The van der Waals surface area contributed by atoms with Crippen LogP contribution in [0.5, 0.6) is 5.75 Å². The lowest BCUT2D eigenvalue weighted by Crippen LogP contribution is -2.45. The van der Waals surface area contributed by atoms with Crippen molar-refractivity contribution in [3.8, 4) is 11.4 Å². The number of benzene rings is 2. The lowest BCUT2D eigenvalue weighted by atomic mass is 9.91. The largest absolute Gasteiger partial charge is 0.496 e. The monoisotopic (exact) mass is 446 g/mol. The van der Waals surface area contributed by atoms with Gasteiger partial charge in [0.1, 0.15) is 5.75 Å². The van der Waals surface area contributed by atoms with Crippen LogP contribution in [0.2, 0.25) is 0 Å². The molecule has 2 N–H and O–H groups in total. The summed E-state index contributed by atoms with van der Waals surface area (Å²) in [5.74, 6) is 1.41. The van der Waals surface area contributed by atoms with Gasteiger partial charge in [0.2, 0.25) is 0 Å². The number of nitrogens with zero attached hydrogens (tertiary/aromatic N) is 4. The van der Waals surface area contributed by atoms with E-state index in [2.05, 4.69) is 26.2 Å². The van der Waals surface area contributed by atoms with Crippen LogP contribution in [0.1, 0.15) is 41.4 Å². The third-order valence-corrected chi connectivity index (χ3v) is 5.74. The number of ether oxygens (including phenoxy) is 1. The number of rotatable bonds is 6. The summed E-state index contributed by atoms with van der Waals surface area (Å²) < 4.78 is 45.9. The Kier molecular flexibility index (Phi) is 6.43. The molecule has 1 saturated heterocycles. The Hall–Kier alpha value is -2.98. The third kappa shape index (κ3) is 4.76. The summed E-state index contributed by atoms with van der Waals surface area (Å²) in [6.45, 7) is 3.17. The van der Waals surface area contributed by atoms with E-state index in [1.807, 2.05) is 25.1 Å². The molecule has 32 heavy (non-hydrogen) atoms. The summed E-state index contributed by atoms with van der Waals surface area (Å²) >= 11 is 0. The molecular formula is C22H25F3N6O. The van der Waals surface area contributed by atoms with Crippen molar-refractivity contribution in [1.29, 1.82) is 0 Å². The van der Waals surface area contributed by atoms with Gasteiger partial charge in [-0.2, -0.15) is 17.9 Å². The molecule has 0 spiro atoms. The van der Waals surface area contributed by atoms with E-state index in [1.165, 1.54) is 0 Å². The Labute approximate surface area is 184 Å². The topological polar surface area (TPSA) is 76.9 Å². The second kappa shape index (κ2) is 9.25. The van der Waals surface area contributed by atoms with E-state index in [1.54, 1.807) is 23.9 Å². The molecule has 0 bridgehead atoms. The number of aromatic nitrogens is 4. The highest BCUT2D eigenvalue weighted by Gasteiger charge is 2.31. The van der Waals surface area contributed by atoms with Crippen LogP contribution in [-0.2, 0) is 12.7 Å². The number of hydrogen-bond acceptors (Lipinski definition) is 6. The van der Waals surface area contributed by atoms with Gasteiger partial charge in [-0.15, -0.1) is 5.10 Å². The van der Waals surface area contributed by atoms with Gasteiger partial charge in [0, 0.05) is 24.2 Å². The lowest BCUT2D eigenvalue weighted by molar-refractivity contribution is -0.137. The fourth-order valence-corrected chi connectivity index (χ4v) is 4.08. The number of piperidine rings is 1. The highest BCUT2D eigenvalue weighted by molar-refractivity contribution is 5.44. The Morgan fingerprint density at radius 1 is 1.19 bits per heavy atom. The Balaban J connectivity index is 1.52. The summed E-state index contributed by atoms with van der Waals surface area (Å²) in [5.41, 5.74) is 1.96. The van der Waals surface area contributed by atoms with Crippen molar-refractivity contribution in [2.24, 2.45) is 0 Å². The van der Waals surface area contributed by atoms with E-state index < -0.39 is 11.7 Å². The standard InChI is InChI=1S/C22H25F3N6O/c1-14-28-29-30-31(14)18-9-10-20(32-2)16(12-18)13-27-19-4-3-11-26-21(19)15-5-7-17(8-6-15)22(23,24)25/h5-10,12,19,21,26-27H,3-4,11,13H2,1-2H3/t19-,21-/m0/s1. The summed E-state index contributed by atoms with van der Waals surface area (Å²) in [6, 6.07) is 11.1. The predicted octanol–water partition coefficient (Wildman–Crippen LogP) is 3.58. The van der Waals surface area contributed by atoms with Crippen LogP contribution in [0.4, 0.5) is 13.2 Å². The van der Waals surface area contributed by atoms with Crippen LogP contribution >= 0.6 is 0 Å². The highest BCUT2D eigenvalue weighted by atomic mass is 19.4. The van der Waals surface area contributed by atoms with Gasteiger partial charge in [0.05, 0.1) is 18.4 Å². The van der Waals surface area contributed by atoms with Crippen molar-refractivity contribution in [2.75, 3.05) is 13.7 Å². The molecule has 1 aliphatic heterocycles. The zero-order chi connectivity index (χ0) is 22.7. The Morgan fingerprint density at radius 2 is 1.97 bits per heavy atom. The number of hydrogen-bond donors (Lipinski definition) is 2. The van der Waals surface area contributed by atoms with E-state index in [0.29, 0.717) is 12.4 Å². The van der Waals surface area contributed by atoms with E-state index >= 15 is 0 Å². The van der Waals surface area contributed by atoms with Crippen LogP contribution in [0.25, 0.3) is 5.69 Å². The summed E-state index contributed by atoms with van der Waals surface area (Å²) in [7, 11) is 1.62. The molecule has 2 heterocycles. The molecule has 0 radical (unpaired) electrons. The maximum absolute atomic E-state index is 12.9. The first-order chi connectivity index (χ1) is 15.4. The lowest BCUT2D eigenvalue weighted by Gasteiger charge is -2.34. The zero-order valence-electron chi connectivity index (χ0n) is 17.9. The van der Waals surface area contributed by atoms with Gasteiger partial charge >= 0.3 is 6.18 Å². The first kappa shape index (κ1) is 22.2. The molecule has 1 fully saturated rings. The van der Waals surface area contributed by atoms with Gasteiger partial charge in [-0.05, 0) is 72.6 Å². The molecule has 4 rings (SSSR count). The van der Waals surface area contributed by atoms with E-state index in [9.17, 15) is 13.2 Å². The molecule has 170 valence electrons. The number of tetrazole rings is 1. The summed E-state index contributed by atoms with van der Waals surface area (Å²) in [4.78, 5) is 0. The van der Waals surface area contributed by atoms with Crippen molar-refractivity contribution in [1.82, 2.24) is 30.8 Å². The van der Waals surface area contributed by atoms with Crippen LogP contribution in [0, 0.1) is 6.92 Å². The maximum atomic E-state index is 12.9. The Bertz CT molecular complexity index is 1050. The van der Waals surface area contributed by atoms with Gasteiger partial charge in [-0.3, -0.25) is 0 Å². The van der Waals surface area contributed by atoms with Gasteiger partial charge in [-0.1, -0.05) is 12.1 Å². The fourth-order valence-electron chi connectivity index (χ4n) is 4.08. The minimum atomic E-state index is -4.34. The molecule has 3 aromatic rings. The average molecular weight is 446 g/mol. The zero-order valence-corrected chi connectivity index (χ0v) is 17.9. The fraction of sp³-hybridized carbons (Fsp3) is 0.409. The smallest absolute Gasteiger partial charge is 0.416 e. The molecule has 2 atom stereocenters. The average Bonchev–Trinajstić information content (AvgIpc) is 3.23. The van der Waals surface area contributed by atoms with Gasteiger partial charge in [-0.25, -0.2) is 0 Å². The molecule has 1 aromatic heterocycles. The predicted molar refractivity (Wildman–Crippen MR) is 112 cm³/mol. The quantitative estimate of drug-likeness (QED) is 0.603. The molecule has 7 nitrogen and oxygen atoms in total. The van der Waals surface area contributed by atoms with Crippen LogP contribution in [0.15, 0.2) is 42.5 Å². The minimum absolute atomic E-state index is 0.0589. The number of methoxy groups -OCH3 is 1. The highest BCUT2D eigenvalue weighted by Crippen LogP contribution is 2.31. The van der Waals surface area contributed by atoms with Crippen LogP contribution in [-0.4, -0.2) is 39.9 Å². The number of halogens is 3. The molecule has 0 aliphatic carbocycles. The molecule has 1 aliphatic rings. The van der Waals surface area contributed by atoms with Crippen LogP contribution < -0.4 is 15.4 Å². The van der Waals surface area contributed by atoms with E-state index in [0.717, 1.165) is 54.1 Å². The summed E-state index contributed by atoms with van der Waals surface area (Å²) in [5, 5.41) is 18.6. The van der Waals surface area contributed by atoms with Crippen molar-refractivity contribution < 1.29 is 17.9 Å². The first-order valence-corrected chi connectivity index (χ1v) is 10.4. The van der Waals surface area contributed by atoms with Crippen molar-refractivity contribution in [2.45, 2.75) is 44.6 Å². The van der Waals surface area contributed by atoms with E-state index in [4.69, 9.17) is 4.74 Å². The van der Waals surface area contributed by atoms with Gasteiger partial charge < -0.3 is 15.4 Å². The third-order valence-electron chi connectivity index (χ3n) is 5.74. The number of nitrogens with one attached hydrogen (secondary N) is 2. The van der Waals surface area contributed by atoms with Crippen molar-refractivity contribution in [3.63, 3.8) is 0 Å². The van der Waals surface area contributed by atoms with Crippen molar-refractivity contribution in [3.05, 3.63) is 65.0 Å². The molecule has 10 heteroatoms. The molecular weight excluding hydrogens is 421 g/mol. The van der Waals surface area contributed by atoms with Gasteiger partial charge in [0.25, 0.3) is 0 Å². The molecule has 0 saturated carbocycles. The summed E-state index contributed by atoms with van der Waals surface area (Å²) in [6.07, 6.45) is -2.45. The van der Waals surface area contributed by atoms with Crippen molar-refractivity contribution >= 4 is 0 Å². The van der Waals surface area contributed by atoms with E-state index in [-0.39, 0.29) is 12.1 Å². The molecule has 0 unspecified atom stereocenters. The Morgan fingerprint density at radius 3 is 2.62 bits per heavy atom. The molecule has 2 aromatic carbocycles. The number of aryl methyl sites for hydroxylation is 1. The first-order valence-electron chi connectivity index (χ1n) is 10.4. The van der Waals surface area contributed by atoms with Crippen LogP contribution in [0.3, 0.4) is 0 Å². The second-order valence-corrected chi connectivity index (χ2v) is 7.82. The normalized spacial score (nSPS) is 19.2. The SMILES string of the molecule is COc1ccc(-n2nnnc2C)cc1CN[C@H]1CCCN[C@H]1c1ccc(C(F)(F)F)cc1. The number of alkyl halides is 3. The maximum Gasteiger partial charge on any atom is 0.416 e. The van der Waals surface area contributed by atoms with Gasteiger partial charge in [0.15, 0.2) is 5.82 Å².